The second kappa shape index (κ2) is 5.92. The molecule has 1 aromatic carbocycles. The Bertz CT molecular complexity index is 521. The van der Waals surface area contributed by atoms with Gasteiger partial charge in [-0.2, -0.15) is 0 Å². The minimum atomic E-state index is -0.795. The first-order chi connectivity index (χ1) is 9.28. The predicted molar refractivity (Wildman–Crippen MR) is 81.1 cm³/mol. The molecular weight excluding hydrogens is 346 g/mol. The fourth-order valence-corrected chi connectivity index (χ4v) is 2.98. The van der Waals surface area contributed by atoms with Crippen LogP contribution in [0.25, 0.3) is 0 Å². The van der Waals surface area contributed by atoms with E-state index in [9.17, 15) is 9.90 Å². The van der Waals surface area contributed by atoms with Crippen LogP contribution in [-0.2, 0) is 4.79 Å². The summed E-state index contributed by atoms with van der Waals surface area (Å²) in [5.41, 5.74) is -0.795. The zero-order valence-electron chi connectivity index (χ0n) is 11.4. The van der Waals surface area contributed by atoms with Crippen LogP contribution in [0.4, 0.5) is 0 Å². The number of amides is 1. The lowest BCUT2D eigenvalue weighted by Gasteiger charge is -2.23. The minimum absolute atomic E-state index is 0.121. The van der Waals surface area contributed by atoms with Gasteiger partial charge in [0, 0.05) is 18.1 Å². The average molecular weight is 363 g/mol. The number of hydrogen-bond acceptors (Lipinski definition) is 3. The molecule has 1 fully saturated rings. The van der Waals surface area contributed by atoms with Crippen LogP contribution >= 0.6 is 27.5 Å². The Morgan fingerprint density at radius 2 is 2.30 bits per heavy atom. The van der Waals surface area contributed by atoms with Gasteiger partial charge in [0.05, 0.1) is 10.1 Å². The number of aliphatic hydroxyl groups is 1. The van der Waals surface area contributed by atoms with Gasteiger partial charge < -0.3 is 14.7 Å². The van der Waals surface area contributed by atoms with Crippen LogP contribution in [0.2, 0.25) is 5.02 Å². The highest BCUT2D eigenvalue weighted by molar-refractivity contribution is 9.10. The lowest BCUT2D eigenvalue weighted by atomic mass is 10.1. The molecule has 110 valence electrons. The summed E-state index contributed by atoms with van der Waals surface area (Å²) in [5, 5.41) is 10.5. The van der Waals surface area contributed by atoms with Gasteiger partial charge in [0.1, 0.15) is 5.75 Å². The standard InChI is InChI=1S/C14H17BrClNO3/c1-9(13(18)17-6-5-14(2,19)8-17)20-12-4-3-10(16)7-11(12)15/h3-4,7,9,19H,5-6,8H2,1-2H3. The van der Waals surface area contributed by atoms with Gasteiger partial charge in [-0.25, -0.2) is 0 Å². The molecule has 0 aromatic heterocycles. The van der Waals surface area contributed by atoms with Gasteiger partial charge >= 0.3 is 0 Å². The Morgan fingerprint density at radius 3 is 2.85 bits per heavy atom. The first-order valence-corrected chi connectivity index (χ1v) is 7.58. The molecule has 1 aliphatic heterocycles. The zero-order chi connectivity index (χ0) is 14.9. The quantitative estimate of drug-likeness (QED) is 0.899. The normalized spacial score (nSPS) is 23.8. The Hall–Kier alpha value is -0.780. The summed E-state index contributed by atoms with van der Waals surface area (Å²) in [5.74, 6) is 0.450. The second-order valence-corrected chi connectivity index (χ2v) is 6.63. The molecule has 2 atom stereocenters. The first kappa shape index (κ1) is 15.6. The Kier molecular flexibility index (Phi) is 4.62. The lowest BCUT2D eigenvalue weighted by molar-refractivity contribution is -0.137. The van der Waals surface area contributed by atoms with Crippen molar-refractivity contribution in [1.29, 1.82) is 0 Å². The molecule has 0 radical (unpaired) electrons. The highest BCUT2D eigenvalue weighted by Crippen LogP contribution is 2.29. The number of β-amino-alcohol motifs (C(OH)–C–C–N with tert-alkyl or cyclic N) is 1. The summed E-state index contributed by atoms with van der Waals surface area (Å²) in [6, 6.07) is 5.14. The molecule has 4 nitrogen and oxygen atoms in total. The Morgan fingerprint density at radius 1 is 1.60 bits per heavy atom. The third-order valence-electron chi connectivity index (χ3n) is 3.31. The lowest BCUT2D eigenvalue weighted by Crippen LogP contribution is -2.41. The fourth-order valence-electron chi connectivity index (χ4n) is 2.20. The summed E-state index contributed by atoms with van der Waals surface area (Å²) < 4.78 is 6.37. The molecule has 6 heteroatoms. The molecule has 1 aliphatic rings. The van der Waals surface area contributed by atoms with Crippen molar-refractivity contribution in [1.82, 2.24) is 4.90 Å². The zero-order valence-corrected chi connectivity index (χ0v) is 13.7. The van der Waals surface area contributed by atoms with E-state index < -0.39 is 11.7 Å². The summed E-state index contributed by atoms with van der Waals surface area (Å²) in [7, 11) is 0. The summed E-state index contributed by atoms with van der Waals surface area (Å²) >= 11 is 9.21. The van der Waals surface area contributed by atoms with E-state index in [1.54, 1.807) is 36.9 Å². The van der Waals surface area contributed by atoms with Gasteiger partial charge in [-0.05, 0) is 54.4 Å². The average Bonchev–Trinajstić information content (AvgIpc) is 2.72. The molecule has 0 bridgehead atoms. The number of likely N-dealkylation sites (tertiary alicyclic amines) is 1. The molecule has 1 aromatic rings. The Labute approximate surface area is 131 Å². The van der Waals surface area contributed by atoms with Gasteiger partial charge in [-0.3, -0.25) is 4.79 Å². The topological polar surface area (TPSA) is 49.8 Å². The van der Waals surface area contributed by atoms with Crippen LogP contribution in [0, 0.1) is 0 Å². The molecule has 1 heterocycles. The van der Waals surface area contributed by atoms with E-state index in [0.29, 0.717) is 34.8 Å². The van der Waals surface area contributed by atoms with E-state index in [2.05, 4.69) is 15.9 Å². The van der Waals surface area contributed by atoms with E-state index in [-0.39, 0.29) is 5.91 Å². The summed E-state index contributed by atoms with van der Waals surface area (Å²) in [6.07, 6.45) is -0.0165. The molecule has 2 unspecified atom stereocenters. The third-order valence-corrected chi connectivity index (χ3v) is 4.16. The van der Waals surface area contributed by atoms with Crippen molar-refractivity contribution in [3.05, 3.63) is 27.7 Å². The van der Waals surface area contributed by atoms with Gasteiger partial charge in [0.25, 0.3) is 5.91 Å². The summed E-state index contributed by atoms with van der Waals surface area (Å²) in [6.45, 7) is 4.35. The predicted octanol–water partition coefficient (Wildman–Crippen LogP) is 2.85. The largest absolute Gasteiger partial charge is 0.480 e. The number of rotatable bonds is 3. The number of hydrogen-bond donors (Lipinski definition) is 1. The molecule has 20 heavy (non-hydrogen) atoms. The monoisotopic (exact) mass is 361 g/mol. The molecule has 1 amide bonds. The molecule has 2 rings (SSSR count). The highest BCUT2D eigenvalue weighted by Gasteiger charge is 2.36. The van der Waals surface area contributed by atoms with E-state index in [1.807, 2.05) is 0 Å². The van der Waals surface area contributed by atoms with E-state index in [4.69, 9.17) is 16.3 Å². The molecule has 0 saturated carbocycles. The van der Waals surface area contributed by atoms with Crippen LogP contribution < -0.4 is 4.74 Å². The van der Waals surface area contributed by atoms with Crippen molar-refractivity contribution in [2.45, 2.75) is 32.0 Å². The molecular formula is C14H17BrClNO3. The summed E-state index contributed by atoms with van der Waals surface area (Å²) in [4.78, 5) is 13.9. The van der Waals surface area contributed by atoms with Gasteiger partial charge in [0.15, 0.2) is 6.10 Å². The van der Waals surface area contributed by atoms with Crippen LogP contribution in [0.3, 0.4) is 0 Å². The number of benzene rings is 1. The number of ether oxygens (including phenoxy) is 1. The fraction of sp³-hybridized carbons (Fsp3) is 0.500. The van der Waals surface area contributed by atoms with Gasteiger partial charge in [-0.1, -0.05) is 11.6 Å². The van der Waals surface area contributed by atoms with Crippen LogP contribution in [0.5, 0.6) is 5.75 Å². The second-order valence-electron chi connectivity index (χ2n) is 5.34. The molecule has 0 aliphatic carbocycles. The van der Waals surface area contributed by atoms with Crippen molar-refractivity contribution in [3.63, 3.8) is 0 Å². The van der Waals surface area contributed by atoms with Crippen molar-refractivity contribution < 1.29 is 14.6 Å². The third kappa shape index (κ3) is 3.65. The van der Waals surface area contributed by atoms with Gasteiger partial charge in [0.2, 0.25) is 0 Å². The highest BCUT2D eigenvalue weighted by atomic mass is 79.9. The van der Waals surface area contributed by atoms with E-state index in [0.717, 1.165) is 0 Å². The van der Waals surface area contributed by atoms with Crippen LogP contribution in [-0.4, -0.2) is 40.7 Å². The number of nitrogens with zero attached hydrogens (tertiary/aromatic N) is 1. The van der Waals surface area contributed by atoms with E-state index >= 15 is 0 Å². The van der Waals surface area contributed by atoms with Gasteiger partial charge in [-0.15, -0.1) is 0 Å². The maximum Gasteiger partial charge on any atom is 0.263 e. The van der Waals surface area contributed by atoms with Crippen molar-refractivity contribution in [2.24, 2.45) is 0 Å². The maximum atomic E-state index is 12.3. The van der Waals surface area contributed by atoms with Crippen molar-refractivity contribution in [2.75, 3.05) is 13.1 Å². The van der Waals surface area contributed by atoms with Crippen molar-refractivity contribution in [3.8, 4) is 5.75 Å². The maximum absolute atomic E-state index is 12.3. The van der Waals surface area contributed by atoms with Crippen molar-refractivity contribution >= 4 is 33.4 Å². The number of carbonyl (C=O) groups excluding carboxylic acids is 1. The SMILES string of the molecule is CC(Oc1ccc(Cl)cc1Br)C(=O)N1CCC(C)(O)C1. The van der Waals surface area contributed by atoms with E-state index in [1.165, 1.54) is 0 Å². The number of carbonyl (C=O) groups is 1. The smallest absolute Gasteiger partial charge is 0.263 e. The molecule has 1 saturated heterocycles. The van der Waals surface area contributed by atoms with Crippen LogP contribution in [0.15, 0.2) is 22.7 Å². The molecule has 0 spiro atoms. The minimum Gasteiger partial charge on any atom is -0.480 e. The Balaban J connectivity index is 2.01. The molecule has 1 N–H and O–H groups in total. The van der Waals surface area contributed by atoms with Crippen LogP contribution in [0.1, 0.15) is 20.3 Å². The first-order valence-electron chi connectivity index (χ1n) is 6.41. The number of halogens is 2.